The van der Waals surface area contributed by atoms with Crippen LogP contribution in [0.5, 0.6) is 0 Å². The molecule has 7 nitrogen and oxygen atoms in total. The third-order valence-electron chi connectivity index (χ3n) is 4.35. The first-order chi connectivity index (χ1) is 13.2. The molecular weight excluding hydrogens is 403 g/mol. The van der Waals surface area contributed by atoms with Crippen LogP contribution in [-0.2, 0) is 15.1 Å². The molecule has 0 spiro atoms. The van der Waals surface area contributed by atoms with Gasteiger partial charge in [-0.3, -0.25) is 14.5 Å². The van der Waals surface area contributed by atoms with Gasteiger partial charge in [0.05, 0.1) is 22.3 Å². The fourth-order valence-corrected chi connectivity index (χ4v) is 3.20. The van der Waals surface area contributed by atoms with Crippen LogP contribution in [0.4, 0.5) is 10.5 Å². The van der Waals surface area contributed by atoms with Gasteiger partial charge in [0.1, 0.15) is 12.1 Å². The number of imide groups is 1. The number of halogens is 2. The fourth-order valence-electron chi connectivity index (χ4n) is 2.86. The van der Waals surface area contributed by atoms with Gasteiger partial charge in [-0.25, -0.2) is 4.79 Å². The number of rotatable bonds is 4. The topological polar surface area (TPSA) is 102 Å². The minimum absolute atomic E-state index is 0.271. The number of nitriles is 1. The fraction of sp³-hybridized carbons (Fsp3) is 0.158. The zero-order chi connectivity index (χ0) is 20.5. The molecule has 1 saturated heterocycles. The molecule has 1 heterocycles. The summed E-state index contributed by atoms with van der Waals surface area (Å²) in [4.78, 5) is 38.4. The predicted octanol–water partition coefficient (Wildman–Crippen LogP) is 3.27. The Balaban J connectivity index is 1.79. The molecule has 2 aromatic carbocycles. The second-order valence-corrected chi connectivity index (χ2v) is 7.16. The van der Waals surface area contributed by atoms with Crippen LogP contribution in [0.2, 0.25) is 10.0 Å². The maximum Gasteiger partial charge on any atom is 0.325 e. The summed E-state index contributed by atoms with van der Waals surface area (Å²) >= 11 is 11.9. The number of benzene rings is 2. The van der Waals surface area contributed by atoms with Gasteiger partial charge in [-0.15, -0.1) is 0 Å². The highest BCUT2D eigenvalue weighted by atomic mass is 35.5. The lowest BCUT2D eigenvalue weighted by Crippen LogP contribution is -2.42. The van der Waals surface area contributed by atoms with Gasteiger partial charge in [0.25, 0.3) is 5.91 Å². The lowest BCUT2D eigenvalue weighted by molar-refractivity contribution is -0.133. The molecule has 2 aromatic rings. The quantitative estimate of drug-likeness (QED) is 0.746. The third-order valence-corrected chi connectivity index (χ3v) is 4.91. The maximum atomic E-state index is 12.9. The largest absolute Gasteiger partial charge is 0.325 e. The Kier molecular flexibility index (Phi) is 5.27. The molecule has 0 radical (unpaired) electrons. The summed E-state index contributed by atoms with van der Waals surface area (Å²) in [6, 6.07) is 12.2. The molecule has 1 aliphatic heterocycles. The van der Waals surface area contributed by atoms with Gasteiger partial charge in [-0.1, -0.05) is 35.3 Å². The van der Waals surface area contributed by atoms with Crippen molar-refractivity contribution in [2.45, 2.75) is 12.5 Å². The van der Waals surface area contributed by atoms with Crippen molar-refractivity contribution in [1.29, 1.82) is 5.26 Å². The van der Waals surface area contributed by atoms with Crippen LogP contribution in [0, 0.1) is 11.3 Å². The third kappa shape index (κ3) is 3.65. The molecule has 0 aliphatic carbocycles. The second-order valence-electron chi connectivity index (χ2n) is 6.31. The molecule has 142 valence electrons. The Morgan fingerprint density at radius 3 is 2.71 bits per heavy atom. The molecule has 0 aromatic heterocycles. The van der Waals surface area contributed by atoms with Crippen molar-refractivity contribution in [2.75, 3.05) is 11.9 Å². The monoisotopic (exact) mass is 416 g/mol. The minimum Gasteiger partial charge on any atom is -0.323 e. The average Bonchev–Trinajstić information content (AvgIpc) is 2.89. The highest BCUT2D eigenvalue weighted by Gasteiger charge is 2.49. The summed E-state index contributed by atoms with van der Waals surface area (Å²) in [5.74, 6) is -1.21. The van der Waals surface area contributed by atoms with Gasteiger partial charge in [-0.05, 0) is 42.8 Å². The summed E-state index contributed by atoms with van der Waals surface area (Å²) < 4.78 is 0. The number of urea groups is 1. The number of carbonyl (C=O) groups is 3. The van der Waals surface area contributed by atoms with Gasteiger partial charge in [0, 0.05) is 5.02 Å². The van der Waals surface area contributed by atoms with Gasteiger partial charge < -0.3 is 10.6 Å². The van der Waals surface area contributed by atoms with E-state index in [0.717, 1.165) is 4.90 Å². The molecular formula is C19H14Cl2N4O3. The standard InChI is InChI=1S/C19H14Cl2N4O3/c1-19(12-4-2-3-11(7-12)9-22)17(27)25(18(28)24-19)10-16(26)23-15-8-13(20)5-6-14(15)21/h2-8H,10H2,1H3,(H,23,26)(H,24,28). The Morgan fingerprint density at radius 2 is 2.00 bits per heavy atom. The van der Waals surface area contributed by atoms with Gasteiger partial charge in [0.15, 0.2) is 0 Å². The van der Waals surface area contributed by atoms with Gasteiger partial charge in [-0.2, -0.15) is 5.26 Å². The van der Waals surface area contributed by atoms with Gasteiger partial charge in [0.2, 0.25) is 5.91 Å². The van der Waals surface area contributed by atoms with Crippen LogP contribution in [0.15, 0.2) is 42.5 Å². The summed E-state index contributed by atoms with van der Waals surface area (Å²) in [6.07, 6.45) is 0. The van der Waals surface area contributed by atoms with Crippen LogP contribution in [0.25, 0.3) is 0 Å². The smallest absolute Gasteiger partial charge is 0.323 e. The van der Waals surface area contributed by atoms with E-state index in [1.165, 1.54) is 25.1 Å². The molecule has 4 amide bonds. The van der Waals surface area contributed by atoms with Crippen molar-refractivity contribution in [3.8, 4) is 6.07 Å². The number of nitrogens with one attached hydrogen (secondary N) is 2. The van der Waals surface area contributed by atoms with E-state index in [2.05, 4.69) is 10.6 Å². The first kappa shape index (κ1) is 19.7. The second kappa shape index (κ2) is 7.50. The molecule has 0 saturated carbocycles. The predicted molar refractivity (Wildman–Crippen MR) is 104 cm³/mol. The average molecular weight is 417 g/mol. The van der Waals surface area contributed by atoms with Crippen LogP contribution < -0.4 is 10.6 Å². The number of nitrogens with zero attached hydrogens (tertiary/aromatic N) is 2. The van der Waals surface area contributed by atoms with Crippen molar-refractivity contribution < 1.29 is 14.4 Å². The van der Waals surface area contributed by atoms with E-state index >= 15 is 0 Å². The van der Waals surface area contributed by atoms with E-state index in [4.69, 9.17) is 28.5 Å². The lowest BCUT2D eigenvalue weighted by atomic mass is 9.91. The number of hydrogen-bond acceptors (Lipinski definition) is 4. The van der Waals surface area contributed by atoms with E-state index in [0.29, 0.717) is 16.1 Å². The van der Waals surface area contributed by atoms with E-state index in [-0.39, 0.29) is 10.7 Å². The molecule has 1 fully saturated rings. The number of carbonyl (C=O) groups excluding carboxylic acids is 3. The maximum absolute atomic E-state index is 12.9. The Labute approximate surface area is 170 Å². The molecule has 1 aliphatic rings. The molecule has 28 heavy (non-hydrogen) atoms. The van der Waals surface area contributed by atoms with Crippen LogP contribution in [0.1, 0.15) is 18.1 Å². The SMILES string of the molecule is CC1(c2cccc(C#N)c2)NC(=O)N(CC(=O)Nc2cc(Cl)ccc2Cl)C1=O. The van der Waals surface area contributed by atoms with Crippen molar-refractivity contribution in [3.63, 3.8) is 0 Å². The Morgan fingerprint density at radius 1 is 1.25 bits per heavy atom. The number of amides is 4. The number of hydrogen-bond donors (Lipinski definition) is 2. The van der Waals surface area contributed by atoms with Gasteiger partial charge >= 0.3 is 6.03 Å². The summed E-state index contributed by atoms with van der Waals surface area (Å²) in [6.45, 7) is 1.02. The highest BCUT2D eigenvalue weighted by Crippen LogP contribution is 2.30. The van der Waals surface area contributed by atoms with E-state index < -0.39 is 29.9 Å². The summed E-state index contributed by atoms with van der Waals surface area (Å²) in [5.41, 5.74) is -0.299. The molecule has 3 rings (SSSR count). The molecule has 0 bridgehead atoms. The Hall–Kier alpha value is -3.08. The highest BCUT2D eigenvalue weighted by molar-refractivity contribution is 6.35. The zero-order valence-corrected chi connectivity index (χ0v) is 16.1. The minimum atomic E-state index is -1.38. The van der Waals surface area contributed by atoms with E-state index in [1.54, 1.807) is 24.3 Å². The van der Waals surface area contributed by atoms with Crippen molar-refractivity contribution >= 4 is 46.7 Å². The van der Waals surface area contributed by atoms with Crippen molar-refractivity contribution in [2.24, 2.45) is 0 Å². The molecule has 2 N–H and O–H groups in total. The van der Waals surface area contributed by atoms with Crippen LogP contribution in [0.3, 0.4) is 0 Å². The lowest BCUT2D eigenvalue weighted by Gasteiger charge is -2.22. The van der Waals surface area contributed by atoms with Crippen molar-refractivity contribution in [1.82, 2.24) is 10.2 Å². The van der Waals surface area contributed by atoms with Crippen molar-refractivity contribution in [3.05, 3.63) is 63.6 Å². The normalized spacial score (nSPS) is 18.6. The van der Waals surface area contributed by atoms with E-state index in [1.807, 2.05) is 6.07 Å². The molecule has 9 heteroatoms. The first-order valence-electron chi connectivity index (χ1n) is 8.14. The van der Waals surface area contributed by atoms with E-state index in [9.17, 15) is 14.4 Å². The molecule has 1 atom stereocenters. The molecule has 1 unspecified atom stereocenters. The zero-order valence-electron chi connectivity index (χ0n) is 14.6. The number of anilines is 1. The Bertz CT molecular complexity index is 1030. The summed E-state index contributed by atoms with van der Waals surface area (Å²) in [5, 5.41) is 14.8. The first-order valence-corrected chi connectivity index (χ1v) is 8.90. The van der Waals surface area contributed by atoms with Crippen LogP contribution in [-0.4, -0.2) is 29.3 Å². The summed E-state index contributed by atoms with van der Waals surface area (Å²) in [7, 11) is 0. The van der Waals surface area contributed by atoms with Crippen LogP contribution >= 0.6 is 23.2 Å².